The number of aromatic nitrogens is 3. The maximum absolute atomic E-state index is 13.7. The van der Waals surface area contributed by atoms with Gasteiger partial charge in [0.25, 0.3) is 5.69 Å². The first-order valence-corrected chi connectivity index (χ1v) is 11.1. The van der Waals surface area contributed by atoms with Crippen molar-refractivity contribution < 1.29 is 9.72 Å². The quantitative estimate of drug-likeness (QED) is 0.412. The monoisotopic (exact) mass is 487 g/mol. The number of nitriles is 1. The van der Waals surface area contributed by atoms with Gasteiger partial charge < -0.3 is 5.73 Å². The predicted octanol–water partition coefficient (Wildman–Crippen LogP) is 4.06. The molecule has 0 fully saturated rings. The van der Waals surface area contributed by atoms with E-state index in [1.54, 1.807) is 0 Å². The fourth-order valence-electron chi connectivity index (χ4n) is 4.82. The summed E-state index contributed by atoms with van der Waals surface area (Å²) in [4.78, 5) is 30.4. The molecular formula is C24H18ClN7O3. The first-order valence-electron chi connectivity index (χ1n) is 10.7. The molecule has 0 saturated heterocycles. The summed E-state index contributed by atoms with van der Waals surface area (Å²) in [6, 6.07) is 15.7. The van der Waals surface area contributed by atoms with Gasteiger partial charge >= 0.3 is 0 Å². The first kappa shape index (κ1) is 22.3. The summed E-state index contributed by atoms with van der Waals surface area (Å²) in [5, 5.41) is 28.4. The highest BCUT2D eigenvalue weighted by Gasteiger charge is 2.44. The van der Waals surface area contributed by atoms with Crippen molar-refractivity contribution >= 4 is 29.0 Å². The molecule has 2 heterocycles. The van der Waals surface area contributed by atoms with Crippen molar-refractivity contribution in [3.63, 3.8) is 0 Å². The lowest BCUT2D eigenvalue weighted by Gasteiger charge is -2.40. The lowest BCUT2D eigenvalue weighted by molar-refractivity contribution is -0.384. The number of Topliss-reactive ketones (excluding diaryl/α,β-unsaturated/α-hetero) is 1. The van der Waals surface area contributed by atoms with Crippen molar-refractivity contribution in [1.82, 2.24) is 15.2 Å². The van der Waals surface area contributed by atoms with Crippen LogP contribution >= 0.6 is 11.6 Å². The van der Waals surface area contributed by atoms with E-state index in [1.807, 2.05) is 30.3 Å². The molecule has 1 aliphatic carbocycles. The number of nitro groups is 1. The van der Waals surface area contributed by atoms with Crippen LogP contribution in [0.5, 0.6) is 0 Å². The number of nitro benzene ring substituents is 1. The van der Waals surface area contributed by atoms with E-state index >= 15 is 0 Å². The number of carbonyl (C=O) groups excluding carboxylic acids is 1. The summed E-state index contributed by atoms with van der Waals surface area (Å²) in [6.45, 7) is 0. The minimum absolute atomic E-state index is 0.0501. The van der Waals surface area contributed by atoms with E-state index in [0.29, 0.717) is 17.7 Å². The van der Waals surface area contributed by atoms with Gasteiger partial charge in [-0.3, -0.25) is 19.8 Å². The van der Waals surface area contributed by atoms with Crippen molar-refractivity contribution in [2.45, 2.75) is 24.7 Å². The van der Waals surface area contributed by atoms with Gasteiger partial charge in [-0.15, -0.1) is 0 Å². The molecule has 2 atom stereocenters. The molecule has 3 aromatic rings. The zero-order valence-electron chi connectivity index (χ0n) is 18.2. The van der Waals surface area contributed by atoms with Crippen molar-refractivity contribution in [2.24, 2.45) is 5.73 Å². The van der Waals surface area contributed by atoms with Crippen molar-refractivity contribution in [3.8, 4) is 6.07 Å². The number of halogens is 1. The number of hydrogen-bond donors (Lipinski definition) is 2. The fraction of sp³-hybridized carbons (Fsp3) is 0.167. The third-order valence-electron chi connectivity index (χ3n) is 6.35. The van der Waals surface area contributed by atoms with E-state index in [9.17, 15) is 20.2 Å². The number of ketones is 1. The molecule has 0 spiro atoms. The van der Waals surface area contributed by atoms with Gasteiger partial charge in [-0.1, -0.05) is 41.9 Å². The van der Waals surface area contributed by atoms with Gasteiger partial charge in [-0.05, 0) is 29.5 Å². The largest absolute Gasteiger partial charge is 0.384 e. The molecule has 1 aliphatic heterocycles. The molecular weight excluding hydrogens is 470 g/mol. The second-order valence-electron chi connectivity index (χ2n) is 8.25. The second kappa shape index (κ2) is 8.70. The number of aromatic amines is 1. The van der Waals surface area contributed by atoms with Crippen molar-refractivity contribution in [2.75, 3.05) is 4.90 Å². The van der Waals surface area contributed by atoms with E-state index < -0.39 is 10.8 Å². The number of allylic oxidation sites excluding steroid dienone is 3. The molecule has 10 nitrogen and oxygen atoms in total. The normalized spacial score (nSPS) is 20.0. The molecule has 0 amide bonds. The van der Waals surface area contributed by atoms with E-state index in [0.717, 1.165) is 5.56 Å². The molecule has 2 aliphatic rings. The van der Waals surface area contributed by atoms with Gasteiger partial charge in [0.05, 0.1) is 22.5 Å². The molecule has 11 heteroatoms. The van der Waals surface area contributed by atoms with Crippen LogP contribution in [0.15, 0.2) is 77.5 Å². The Kier molecular flexibility index (Phi) is 5.55. The number of non-ortho nitro benzene ring substituents is 1. The number of anilines is 1. The summed E-state index contributed by atoms with van der Waals surface area (Å²) in [5.41, 5.74) is 8.49. The Labute approximate surface area is 204 Å². The zero-order valence-corrected chi connectivity index (χ0v) is 18.9. The van der Waals surface area contributed by atoms with Gasteiger partial charge in [0, 0.05) is 34.8 Å². The Morgan fingerprint density at radius 3 is 2.66 bits per heavy atom. The molecule has 35 heavy (non-hydrogen) atoms. The maximum atomic E-state index is 13.7. The average molecular weight is 488 g/mol. The van der Waals surface area contributed by atoms with Crippen LogP contribution in [0.1, 0.15) is 35.8 Å². The number of hydrogen-bond acceptors (Lipinski definition) is 8. The molecule has 1 aromatic heterocycles. The number of nitrogens with zero attached hydrogens (tertiary/aromatic N) is 5. The molecule has 0 radical (unpaired) electrons. The lowest BCUT2D eigenvalue weighted by Crippen LogP contribution is -2.40. The number of H-pyrrole nitrogens is 1. The Balaban J connectivity index is 1.75. The fourth-order valence-corrected chi connectivity index (χ4v) is 5.04. The van der Waals surface area contributed by atoms with Gasteiger partial charge in [-0.25, -0.2) is 5.10 Å². The van der Waals surface area contributed by atoms with Gasteiger partial charge in [-0.2, -0.15) is 15.3 Å². The van der Waals surface area contributed by atoms with Crippen LogP contribution < -0.4 is 10.6 Å². The number of nitrogens with two attached hydrogens (primary N) is 1. The van der Waals surface area contributed by atoms with Gasteiger partial charge in [0.2, 0.25) is 5.95 Å². The predicted molar refractivity (Wildman–Crippen MR) is 127 cm³/mol. The third kappa shape index (κ3) is 3.72. The Hall–Kier alpha value is -4.49. The second-order valence-corrected chi connectivity index (χ2v) is 8.66. The molecule has 3 N–H and O–H groups in total. The van der Waals surface area contributed by atoms with Crippen LogP contribution in [-0.2, 0) is 4.79 Å². The molecule has 0 bridgehead atoms. The third-order valence-corrected chi connectivity index (χ3v) is 6.70. The SMILES string of the molecule is N#CC1=C(N)N(c2ncn[nH]2)C2=C(C(=O)CC(c3ccccc3)C2)C1c1cc([N+](=O)[O-])ccc1Cl. The van der Waals surface area contributed by atoms with Crippen molar-refractivity contribution in [3.05, 3.63) is 104 Å². The topological polar surface area (TPSA) is 155 Å². The molecule has 2 unspecified atom stereocenters. The standard InChI is InChI=1S/C24H18ClN7O3/c25-18-7-6-15(32(34)35)10-16(18)21-17(11-26)23(27)31(24-28-12-29-30-24)19-8-14(9-20(33)22(19)21)13-4-2-1-3-5-13/h1-7,10,12,14,21H,8-9,27H2,(H,28,29,30). The summed E-state index contributed by atoms with van der Waals surface area (Å²) < 4.78 is 0. The van der Waals surface area contributed by atoms with Gasteiger partial charge in [0.1, 0.15) is 12.1 Å². The molecule has 0 saturated carbocycles. The van der Waals surface area contributed by atoms with Crippen LogP contribution in [0.25, 0.3) is 0 Å². The van der Waals surface area contributed by atoms with E-state index in [4.69, 9.17) is 17.3 Å². The van der Waals surface area contributed by atoms with Crippen LogP contribution in [0.4, 0.5) is 11.6 Å². The molecule has 2 aromatic carbocycles. The summed E-state index contributed by atoms with van der Waals surface area (Å²) in [7, 11) is 0. The Bertz CT molecular complexity index is 1440. The highest BCUT2D eigenvalue weighted by Crippen LogP contribution is 2.50. The lowest BCUT2D eigenvalue weighted by atomic mass is 9.72. The summed E-state index contributed by atoms with van der Waals surface area (Å²) in [6.07, 6.45) is 1.93. The van der Waals surface area contributed by atoms with Crippen LogP contribution in [0.3, 0.4) is 0 Å². The number of carbonyl (C=O) groups is 1. The van der Waals surface area contributed by atoms with E-state index in [1.165, 1.54) is 29.4 Å². The minimum atomic E-state index is -0.953. The Morgan fingerprint density at radius 1 is 1.23 bits per heavy atom. The summed E-state index contributed by atoms with van der Waals surface area (Å²) >= 11 is 6.47. The zero-order chi connectivity index (χ0) is 24.7. The highest BCUT2D eigenvalue weighted by molar-refractivity contribution is 6.31. The summed E-state index contributed by atoms with van der Waals surface area (Å²) in [5.74, 6) is -0.973. The first-order chi connectivity index (χ1) is 16.9. The number of benzene rings is 2. The highest BCUT2D eigenvalue weighted by atomic mass is 35.5. The Morgan fingerprint density at radius 2 is 2.00 bits per heavy atom. The van der Waals surface area contributed by atoms with Crippen LogP contribution in [0, 0.1) is 21.4 Å². The van der Waals surface area contributed by atoms with Crippen molar-refractivity contribution in [1.29, 1.82) is 5.26 Å². The number of rotatable bonds is 4. The smallest absolute Gasteiger partial charge is 0.269 e. The maximum Gasteiger partial charge on any atom is 0.269 e. The van der Waals surface area contributed by atoms with Gasteiger partial charge in [0.15, 0.2) is 5.78 Å². The van der Waals surface area contributed by atoms with E-state index in [-0.39, 0.29) is 51.7 Å². The number of nitrogens with one attached hydrogen (secondary N) is 1. The minimum Gasteiger partial charge on any atom is -0.384 e. The van der Waals surface area contributed by atoms with Crippen LogP contribution in [-0.4, -0.2) is 25.9 Å². The average Bonchev–Trinajstić information content (AvgIpc) is 3.38. The van der Waals surface area contributed by atoms with E-state index in [2.05, 4.69) is 21.3 Å². The molecule has 5 rings (SSSR count). The molecule has 174 valence electrons. The van der Waals surface area contributed by atoms with Crippen LogP contribution in [0.2, 0.25) is 5.02 Å².